The monoisotopic (exact) mass is 337 g/mol. The van der Waals surface area contributed by atoms with E-state index in [4.69, 9.17) is 0 Å². The lowest BCUT2D eigenvalue weighted by atomic mass is 9.85. The van der Waals surface area contributed by atoms with Crippen molar-refractivity contribution >= 4 is 17.6 Å². The Labute approximate surface area is 148 Å². The lowest BCUT2D eigenvalue weighted by Crippen LogP contribution is -2.37. The van der Waals surface area contributed by atoms with E-state index < -0.39 is 5.97 Å². The number of para-hydroxylation sites is 1. The number of rotatable bonds is 7. The van der Waals surface area contributed by atoms with Crippen LogP contribution in [0.2, 0.25) is 0 Å². The second kappa shape index (κ2) is 7.97. The maximum Gasteiger partial charge on any atom is 0.335 e. The molecule has 0 spiro atoms. The number of carboxylic acid groups (broad SMARTS) is 1. The first kappa shape index (κ1) is 17.2. The molecule has 2 aromatic carbocycles. The SMILES string of the molecule is O=C(O)c1ccccc1CCC(=O)N(CC1CCC1)c1ccccc1. The van der Waals surface area contributed by atoms with Crippen LogP contribution in [0.15, 0.2) is 54.6 Å². The zero-order valence-electron chi connectivity index (χ0n) is 14.2. The molecule has 0 aliphatic heterocycles. The topological polar surface area (TPSA) is 57.6 Å². The van der Waals surface area contributed by atoms with E-state index >= 15 is 0 Å². The number of benzene rings is 2. The minimum atomic E-state index is -0.947. The van der Waals surface area contributed by atoms with Gasteiger partial charge in [-0.05, 0) is 48.9 Å². The third kappa shape index (κ3) is 4.27. The van der Waals surface area contributed by atoms with Crippen molar-refractivity contribution in [2.24, 2.45) is 5.92 Å². The molecule has 0 heterocycles. The molecule has 0 atom stereocenters. The van der Waals surface area contributed by atoms with Gasteiger partial charge in [0.2, 0.25) is 5.91 Å². The minimum Gasteiger partial charge on any atom is -0.478 e. The van der Waals surface area contributed by atoms with Gasteiger partial charge in [0.1, 0.15) is 0 Å². The quantitative estimate of drug-likeness (QED) is 0.825. The molecule has 3 rings (SSSR count). The Hall–Kier alpha value is -2.62. The first-order valence-electron chi connectivity index (χ1n) is 8.82. The zero-order valence-corrected chi connectivity index (χ0v) is 14.2. The third-order valence-electron chi connectivity index (χ3n) is 4.89. The van der Waals surface area contributed by atoms with Gasteiger partial charge in [0.05, 0.1) is 5.56 Å². The highest BCUT2D eigenvalue weighted by Crippen LogP contribution is 2.29. The molecule has 1 fully saturated rings. The number of carbonyl (C=O) groups is 2. The Morgan fingerprint density at radius 1 is 1.00 bits per heavy atom. The summed E-state index contributed by atoms with van der Waals surface area (Å²) >= 11 is 0. The van der Waals surface area contributed by atoms with Gasteiger partial charge in [0, 0.05) is 18.7 Å². The van der Waals surface area contributed by atoms with Crippen molar-refractivity contribution in [3.05, 3.63) is 65.7 Å². The number of aromatic carboxylic acids is 1. The summed E-state index contributed by atoms with van der Waals surface area (Å²) in [6, 6.07) is 16.6. The number of hydrogen-bond donors (Lipinski definition) is 1. The van der Waals surface area contributed by atoms with Gasteiger partial charge in [-0.2, -0.15) is 0 Å². The van der Waals surface area contributed by atoms with Crippen LogP contribution in [0, 0.1) is 5.92 Å². The summed E-state index contributed by atoms with van der Waals surface area (Å²) in [7, 11) is 0. The van der Waals surface area contributed by atoms with Gasteiger partial charge >= 0.3 is 5.97 Å². The van der Waals surface area contributed by atoms with Gasteiger partial charge in [-0.15, -0.1) is 0 Å². The fourth-order valence-corrected chi connectivity index (χ4v) is 3.22. The van der Waals surface area contributed by atoms with Gasteiger partial charge in [0.15, 0.2) is 0 Å². The number of nitrogens with zero attached hydrogens (tertiary/aromatic N) is 1. The van der Waals surface area contributed by atoms with Gasteiger partial charge in [-0.3, -0.25) is 4.79 Å². The van der Waals surface area contributed by atoms with E-state index in [1.807, 2.05) is 41.3 Å². The summed E-state index contributed by atoms with van der Waals surface area (Å²) in [6.07, 6.45) is 4.35. The molecule has 4 nitrogen and oxygen atoms in total. The van der Waals surface area contributed by atoms with E-state index in [2.05, 4.69) is 0 Å². The number of carboxylic acids is 1. The molecule has 0 bridgehead atoms. The van der Waals surface area contributed by atoms with Crippen LogP contribution < -0.4 is 4.90 Å². The van der Waals surface area contributed by atoms with E-state index in [0.717, 1.165) is 12.2 Å². The number of amides is 1. The van der Waals surface area contributed by atoms with Gasteiger partial charge < -0.3 is 10.0 Å². The molecule has 1 aliphatic carbocycles. The Balaban J connectivity index is 1.71. The van der Waals surface area contributed by atoms with Crippen molar-refractivity contribution in [1.82, 2.24) is 0 Å². The highest BCUT2D eigenvalue weighted by atomic mass is 16.4. The van der Waals surface area contributed by atoms with E-state index in [1.54, 1.807) is 18.2 Å². The van der Waals surface area contributed by atoms with Crippen LogP contribution in [-0.4, -0.2) is 23.5 Å². The summed E-state index contributed by atoms with van der Waals surface area (Å²) in [6.45, 7) is 0.753. The third-order valence-corrected chi connectivity index (χ3v) is 4.89. The van der Waals surface area contributed by atoms with Crippen LogP contribution in [0.3, 0.4) is 0 Å². The van der Waals surface area contributed by atoms with Gasteiger partial charge in [-0.1, -0.05) is 42.8 Å². The predicted molar refractivity (Wildman–Crippen MR) is 97.9 cm³/mol. The second-order valence-corrected chi connectivity index (χ2v) is 6.60. The fourth-order valence-electron chi connectivity index (χ4n) is 3.22. The Morgan fingerprint density at radius 3 is 2.32 bits per heavy atom. The fraction of sp³-hybridized carbons (Fsp3) is 0.333. The van der Waals surface area contributed by atoms with Crippen molar-refractivity contribution in [1.29, 1.82) is 0 Å². The van der Waals surface area contributed by atoms with Crippen LogP contribution in [-0.2, 0) is 11.2 Å². The Morgan fingerprint density at radius 2 is 1.68 bits per heavy atom. The summed E-state index contributed by atoms with van der Waals surface area (Å²) in [4.78, 5) is 26.0. The number of anilines is 1. The highest BCUT2D eigenvalue weighted by molar-refractivity contribution is 5.94. The van der Waals surface area contributed by atoms with E-state index in [1.165, 1.54) is 19.3 Å². The van der Waals surface area contributed by atoms with Gasteiger partial charge in [-0.25, -0.2) is 4.79 Å². The maximum atomic E-state index is 12.9. The van der Waals surface area contributed by atoms with Crippen molar-refractivity contribution in [2.45, 2.75) is 32.1 Å². The molecule has 130 valence electrons. The zero-order chi connectivity index (χ0) is 17.6. The van der Waals surface area contributed by atoms with Crippen molar-refractivity contribution in [3.8, 4) is 0 Å². The highest BCUT2D eigenvalue weighted by Gasteiger charge is 2.24. The average molecular weight is 337 g/mol. The molecular weight excluding hydrogens is 314 g/mol. The Kier molecular flexibility index (Phi) is 5.49. The molecule has 0 saturated heterocycles. The first-order chi connectivity index (χ1) is 12.1. The molecule has 0 aromatic heterocycles. The van der Waals surface area contributed by atoms with Gasteiger partial charge in [0.25, 0.3) is 0 Å². The van der Waals surface area contributed by atoms with E-state index in [9.17, 15) is 14.7 Å². The summed E-state index contributed by atoms with van der Waals surface area (Å²) in [5, 5.41) is 9.28. The lowest BCUT2D eigenvalue weighted by Gasteiger charge is -2.32. The summed E-state index contributed by atoms with van der Waals surface area (Å²) in [5.41, 5.74) is 1.91. The number of aryl methyl sites for hydroxylation is 1. The smallest absolute Gasteiger partial charge is 0.335 e. The molecule has 1 aliphatic rings. The molecule has 1 amide bonds. The minimum absolute atomic E-state index is 0.0540. The van der Waals surface area contributed by atoms with Crippen molar-refractivity contribution in [2.75, 3.05) is 11.4 Å². The standard InChI is InChI=1S/C21H23NO3/c23-20(14-13-17-9-4-5-12-19(17)21(24)25)22(15-16-7-6-8-16)18-10-2-1-3-11-18/h1-5,9-12,16H,6-8,13-15H2,(H,24,25). The van der Waals surface area contributed by atoms with Crippen LogP contribution in [0.4, 0.5) is 5.69 Å². The lowest BCUT2D eigenvalue weighted by molar-refractivity contribution is -0.118. The Bertz CT molecular complexity index is 738. The molecule has 1 N–H and O–H groups in total. The molecule has 4 heteroatoms. The van der Waals surface area contributed by atoms with Crippen LogP contribution in [0.25, 0.3) is 0 Å². The number of hydrogen-bond acceptors (Lipinski definition) is 2. The van der Waals surface area contributed by atoms with E-state index in [0.29, 0.717) is 24.3 Å². The second-order valence-electron chi connectivity index (χ2n) is 6.60. The summed E-state index contributed by atoms with van der Waals surface area (Å²) < 4.78 is 0. The molecule has 0 radical (unpaired) electrons. The number of carbonyl (C=O) groups excluding carboxylic acids is 1. The summed E-state index contributed by atoms with van der Waals surface area (Å²) in [5.74, 6) is -0.314. The van der Waals surface area contributed by atoms with Crippen LogP contribution >= 0.6 is 0 Å². The largest absolute Gasteiger partial charge is 0.478 e. The average Bonchev–Trinajstić information content (AvgIpc) is 2.59. The predicted octanol–water partition coefficient (Wildman–Crippen LogP) is 4.15. The van der Waals surface area contributed by atoms with Crippen molar-refractivity contribution < 1.29 is 14.7 Å². The van der Waals surface area contributed by atoms with Crippen LogP contribution in [0.5, 0.6) is 0 Å². The molecule has 2 aromatic rings. The van der Waals surface area contributed by atoms with E-state index in [-0.39, 0.29) is 11.5 Å². The van der Waals surface area contributed by atoms with Crippen molar-refractivity contribution in [3.63, 3.8) is 0 Å². The normalized spacial score (nSPS) is 13.9. The molecule has 0 unspecified atom stereocenters. The van der Waals surface area contributed by atoms with Crippen LogP contribution in [0.1, 0.15) is 41.6 Å². The molecular formula is C21H23NO3. The molecule has 1 saturated carbocycles. The molecule has 25 heavy (non-hydrogen) atoms. The first-order valence-corrected chi connectivity index (χ1v) is 8.82. The maximum absolute atomic E-state index is 12.9.